The van der Waals surface area contributed by atoms with Gasteiger partial charge in [0.1, 0.15) is 0 Å². The second-order valence-electron chi connectivity index (χ2n) is 4.26. The second-order valence-corrected chi connectivity index (χ2v) is 4.26. The molecule has 2 N–H and O–H groups in total. The average molecular weight is 229 g/mol. The minimum Gasteiger partial charge on any atom is -0.481 e. The Morgan fingerprint density at radius 1 is 1.12 bits per heavy atom. The summed E-state index contributed by atoms with van der Waals surface area (Å²) in [5, 5.41) is 17.3. The van der Waals surface area contributed by atoms with Crippen LogP contribution in [0.15, 0.2) is 0 Å². The molecule has 0 aliphatic carbocycles. The van der Waals surface area contributed by atoms with Crippen molar-refractivity contribution in [2.75, 3.05) is 13.1 Å². The van der Waals surface area contributed by atoms with Crippen molar-refractivity contribution in [3.8, 4) is 0 Å². The van der Waals surface area contributed by atoms with E-state index in [9.17, 15) is 9.59 Å². The molecule has 0 saturated carbocycles. The van der Waals surface area contributed by atoms with Crippen molar-refractivity contribution < 1.29 is 19.8 Å². The van der Waals surface area contributed by atoms with Crippen LogP contribution < -0.4 is 0 Å². The van der Waals surface area contributed by atoms with Gasteiger partial charge in [-0.3, -0.25) is 14.5 Å². The normalized spacial score (nSPS) is 21.9. The number of hydrogen-bond acceptors (Lipinski definition) is 3. The Bertz CT molecular complexity index is 228. The Kier molecular flexibility index (Phi) is 5.25. The number of piperidine rings is 1. The first-order valence-corrected chi connectivity index (χ1v) is 5.77. The summed E-state index contributed by atoms with van der Waals surface area (Å²) in [6, 6.07) is 0.254. The van der Waals surface area contributed by atoms with E-state index < -0.39 is 11.9 Å². The number of carbonyl (C=O) groups is 2. The predicted octanol–water partition coefficient (Wildman–Crippen LogP) is 1.18. The minimum atomic E-state index is -0.789. The van der Waals surface area contributed by atoms with E-state index in [1.165, 1.54) is 0 Å². The summed E-state index contributed by atoms with van der Waals surface area (Å²) in [5.41, 5.74) is 0. The third kappa shape index (κ3) is 4.61. The molecule has 1 aliphatic heterocycles. The largest absolute Gasteiger partial charge is 0.481 e. The molecular formula is C11H19NO4. The highest BCUT2D eigenvalue weighted by Crippen LogP contribution is 2.20. The van der Waals surface area contributed by atoms with Crippen molar-refractivity contribution in [1.82, 2.24) is 4.90 Å². The topological polar surface area (TPSA) is 77.8 Å². The number of carboxylic acid groups (broad SMARTS) is 2. The lowest BCUT2D eigenvalue weighted by molar-refractivity contribution is -0.139. The minimum absolute atomic E-state index is 0.142. The maximum absolute atomic E-state index is 10.5. The van der Waals surface area contributed by atoms with E-state index in [4.69, 9.17) is 10.2 Å². The molecule has 1 rings (SSSR count). The van der Waals surface area contributed by atoms with E-state index in [2.05, 4.69) is 4.90 Å². The smallest absolute Gasteiger partial charge is 0.304 e. The van der Waals surface area contributed by atoms with Gasteiger partial charge < -0.3 is 10.2 Å². The van der Waals surface area contributed by atoms with E-state index >= 15 is 0 Å². The number of aliphatic carboxylic acids is 2. The first-order chi connectivity index (χ1) is 7.59. The monoisotopic (exact) mass is 229 g/mol. The van der Waals surface area contributed by atoms with Gasteiger partial charge in [0.25, 0.3) is 0 Å². The molecule has 1 aliphatic rings. The molecular weight excluding hydrogens is 210 g/mol. The molecule has 0 aromatic rings. The first kappa shape index (κ1) is 13.0. The summed E-state index contributed by atoms with van der Waals surface area (Å²) >= 11 is 0. The molecule has 92 valence electrons. The van der Waals surface area contributed by atoms with Crippen molar-refractivity contribution in [2.45, 2.75) is 44.6 Å². The SMILES string of the molecule is O=C(O)CCC1CCCCN1CCC(=O)O. The predicted molar refractivity (Wildman–Crippen MR) is 58.3 cm³/mol. The number of carboxylic acids is 2. The molecule has 0 aromatic heterocycles. The Labute approximate surface area is 95.1 Å². The van der Waals surface area contributed by atoms with E-state index in [-0.39, 0.29) is 18.9 Å². The van der Waals surface area contributed by atoms with Gasteiger partial charge in [-0.2, -0.15) is 0 Å². The van der Waals surface area contributed by atoms with E-state index in [0.29, 0.717) is 13.0 Å². The number of likely N-dealkylation sites (tertiary alicyclic amines) is 1. The summed E-state index contributed by atoms with van der Waals surface area (Å²) in [6.07, 6.45) is 4.15. The van der Waals surface area contributed by atoms with Gasteiger partial charge in [0.2, 0.25) is 0 Å². The van der Waals surface area contributed by atoms with Gasteiger partial charge in [-0.15, -0.1) is 0 Å². The van der Waals surface area contributed by atoms with Gasteiger partial charge in [0.05, 0.1) is 6.42 Å². The van der Waals surface area contributed by atoms with Crippen LogP contribution in [0.25, 0.3) is 0 Å². The van der Waals surface area contributed by atoms with E-state index in [1.54, 1.807) is 0 Å². The van der Waals surface area contributed by atoms with Gasteiger partial charge >= 0.3 is 11.9 Å². The maximum atomic E-state index is 10.5. The van der Waals surface area contributed by atoms with Crippen molar-refractivity contribution in [1.29, 1.82) is 0 Å². The zero-order valence-corrected chi connectivity index (χ0v) is 9.39. The van der Waals surface area contributed by atoms with Gasteiger partial charge in [-0.25, -0.2) is 0 Å². The second kappa shape index (κ2) is 6.48. The highest BCUT2D eigenvalue weighted by Gasteiger charge is 2.22. The van der Waals surface area contributed by atoms with Crippen LogP contribution in [0, 0.1) is 0 Å². The lowest BCUT2D eigenvalue weighted by Gasteiger charge is -2.35. The van der Waals surface area contributed by atoms with Crippen LogP contribution in [-0.4, -0.2) is 46.2 Å². The highest BCUT2D eigenvalue weighted by atomic mass is 16.4. The Morgan fingerprint density at radius 3 is 2.44 bits per heavy atom. The number of rotatable bonds is 6. The van der Waals surface area contributed by atoms with Crippen LogP contribution in [0.1, 0.15) is 38.5 Å². The van der Waals surface area contributed by atoms with Gasteiger partial charge in [-0.05, 0) is 25.8 Å². The molecule has 5 nitrogen and oxygen atoms in total. The fourth-order valence-corrected chi connectivity index (χ4v) is 2.21. The van der Waals surface area contributed by atoms with Crippen molar-refractivity contribution in [3.05, 3.63) is 0 Å². The van der Waals surface area contributed by atoms with Crippen molar-refractivity contribution in [2.24, 2.45) is 0 Å². The molecule has 1 atom stereocenters. The van der Waals surface area contributed by atoms with Crippen LogP contribution in [-0.2, 0) is 9.59 Å². The van der Waals surface area contributed by atoms with E-state index in [1.807, 2.05) is 0 Å². The van der Waals surface area contributed by atoms with Crippen LogP contribution in [0.3, 0.4) is 0 Å². The summed E-state index contributed by atoms with van der Waals surface area (Å²) in [5.74, 6) is -1.56. The average Bonchev–Trinajstić information content (AvgIpc) is 2.24. The quantitative estimate of drug-likeness (QED) is 0.715. The summed E-state index contributed by atoms with van der Waals surface area (Å²) in [6.45, 7) is 1.44. The Hall–Kier alpha value is -1.10. The lowest BCUT2D eigenvalue weighted by Crippen LogP contribution is -2.40. The fraction of sp³-hybridized carbons (Fsp3) is 0.818. The molecule has 5 heteroatoms. The molecule has 0 radical (unpaired) electrons. The fourth-order valence-electron chi connectivity index (χ4n) is 2.21. The number of nitrogens with zero attached hydrogens (tertiary/aromatic N) is 1. The third-order valence-electron chi connectivity index (χ3n) is 3.05. The van der Waals surface area contributed by atoms with E-state index in [0.717, 1.165) is 25.8 Å². The Morgan fingerprint density at radius 2 is 1.81 bits per heavy atom. The molecule has 1 saturated heterocycles. The van der Waals surface area contributed by atoms with Crippen LogP contribution in [0.5, 0.6) is 0 Å². The Balaban J connectivity index is 2.37. The zero-order chi connectivity index (χ0) is 12.0. The summed E-state index contributed by atoms with van der Waals surface area (Å²) in [4.78, 5) is 23.1. The third-order valence-corrected chi connectivity index (χ3v) is 3.05. The molecule has 16 heavy (non-hydrogen) atoms. The first-order valence-electron chi connectivity index (χ1n) is 5.77. The number of hydrogen-bond donors (Lipinski definition) is 2. The van der Waals surface area contributed by atoms with Crippen LogP contribution >= 0.6 is 0 Å². The zero-order valence-electron chi connectivity index (χ0n) is 9.39. The summed E-state index contributed by atoms with van der Waals surface area (Å²) in [7, 11) is 0. The van der Waals surface area contributed by atoms with Gasteiger partial charge in [0.15, 0.2) is 0 Å². The molecule has 0 bridgehead atoms. The molecule has 0 aromatic carbocycles. The summed E-state index contributed by atoms with van der Waals surface area (Å²) < 4.78 is 0. The lowest BCUT2D eigenvalue weighted by atomic mass is 9.98. The van der Waals surface area contributed by atoms with Crippen molar-refractivity contribution >= 4 is 11.9 Å². The van der Waals surface area contributed by atoms with Gasteiger partial charge in [0, 0.05) is 19.0 Å². The maximum Gasteiger partial charge on any atom is 0.304 e. The standard InChI is InChI=1S/C11H19NO4/c13-10(14)5-4-9-3-1-2-7-12(9)8-6-11(15)16/h9H,1-8H2,(H,13,14)(H,15,16). The molecule has 1 unspecified atom stereocenters. The van der Waals surface area contributed by atoms with Crippen LogP contribution in [0.4, 0.5) is 0 Å². The molecule has 1 heterocycles. The van der Waals surface area contributed by atoms with Crippen LogP contribution in [0.2, 0.25) is 0 Å². The highest BCUT2D eigenvalue weighted by molar-refractivity contribution is 5.67. The molecule has 1 fully saturated rings. The molecule has 0 amide bonds. The van der Waals surface area contributed by atoms with Crippen molar-refractivity contribution in [3.63, 3.8) is 0 Å². The molecule has 0 spiro atoms. The van der Waals surface area contributed by atoms with Gasteiger partial charge in [-0.1, -0.05) is 6.42 Å².